The van der Waals surface area contributed by atoms with E-state index in [1.54, 1.807) is 43.5 Å². The summed E-state index contributed by atoms with van der Waals surface area (Å²) in [4.78, 5) is 11.9. The number of nitriles is 1. The van der Waals surface area contributed by atoms with Crippen molar-refractivity contribution in [1.82, 2.24) is 0 Å². The van der Waals surface area contributed by atoms with Crippen LogP contribution in [0, 0.1) is 11.3 Å². The molecule has 0 radical (unpaired) electrons. The Labute approximate surface area is 123 Å². The van der Waals surface area contributed by atoms with E-state index in [1.165, 1.54) is 0 Å². The van der Waals surface area contributed by atoms with Gasteiger partial charge in [-0.1, -0.05) is 24.3 Å². The van der Waals surface area contributed by atoms with Crippen LogP contribution in [0.5, 0.6) is 5.75 Å². The zero-order valence-corrected chi connectivity index (χ0v) is 11.6. The van der Waals surface area contributed by atoms with E-state index in [1.807, 2.05) is 12.1 Å². The van der Waals surface area contributed by atoms with Gasteiger partial charge in [0.05, 0.1) is 30.6 Å². The Bertz CT molecular complexity index is 677. The van der Waals surface area contributed by atoms with Crippen molar-refractivity contribution in [3.8, 4) is 11.8 Å². The molecular weight excluding hydrogens is 266 g/mol. The van der Waals surface area contributed by atoms with Gasteiger partial charge in [0, 0.05) is 0 Å². The molecule has 2 aromatic carbocycles. The Morgan fingerprint density at radius 2 is 1.81 bits per heavy atom. The lowest BCUT2D eigenvalue weighted by molar-refractivity contribution is -0.114. The van der Waals surface area contributed by atoms with Gasteiger partial charge >= 0.3 is 0 Å². The van der Waals surface area contributed by atoms with Crippen molar-refractivity contribution in [2.24, 2.45) is 0 Å². The van der Waals surface area contributed by atoms with Gasteiger partial charge in [-0.2, -0.15) is 5.26 Å². The van der Waals surface area contributed by atoms with Crippen LogP contribution < -0.4 is 15.4 Å². The van der Waals surface area contributed by atoms with Crippen molar-refractivity contribution < 1.29 is 9.53 Å². The summed E-state index contributed by atoms with van der Waals surface area (Å²) in [5.41, 5.74) is 1.75. The molecule has 0 aromatic heterocycles. The van der Waals surface area contributed by atoms with Gasteiger partial charge in [0.25, 0.3) is 0 Å². The SMILES string of the molecule is COc1ccccc1NC(=O)CNc1ccccc1C#N. The molecule has 2 aromatic rings. The van der Waals surface area contributed by atoms with Gasteiger partial charge < -0.3 is 15.4 Å². The second-order valence-corrected chi connectivity index (χ2v) is 4.26. The molecule has 0 atom stereocenters. The first-order chi connectivity index (χ1) is 10.2. The Morgan fingerprint density at radius 3 is 2.52 bits per heavy atom. The lowest BCUT2D eigenvalue weighted by atomic mass is 10.2. The first-order valence-corrected chi connectivity index (χ1v) is 6.40. The van der Waals surface area contributed by atoms with E-state index in [2.05, 4.69) is 16.7 Å². The van der Waals surface area contributed by atoms with Crippen molar-refractivity contribution in [2.75, 3.05) is 24.3 Å². The second kappa shape index (κ2) is 6.96. The molecule has 106 valence electrons. The van der Waals surface area contributed by atoms with Gasteiger partial charge in [-0.3, -0.25) is 4.79 Å². The third-order valence-corrected chi connectivity index (χ3v) is 2.87. The average Bonchev–Trinajstić information content (AvgIpc) is 2.53. The fraction of sp³-hybridized carbons (Fsp3) is 0.125. The maximum atomic E-state index is 11.9. The van der Waals surface area contributed by atoms with Crippen LogP contribution in [0.25, 0.3) is 0 Å². The normalized spacial score (nSPS) is 9.52. The fourth-order valence-electron chi connectivity index (χ4n) is 1.85. The number of nitrogens with zero attached hydrogens (tertiary/aromatic N) is 1. The van der Waals surface area contributed by atoms with Crippen LogP contribution in [0.15, 0.2) is 48.5 Å². The Balaban J connectivity index is 1.98. The van der Waals surface area contributed by atoms with Crippen LogP contribution in [0.4, 0.5) is 11.4 Å². The van der Waals surface area contributed by atoms with E-state index >= 15 is 0 Å². The molecule has 1 amide bonds. The minimum absolute atomic E-state index is 0.0662. The first-order valence-electron chi connectivity index (χ1n) is 6.40. The lowest BCUT2D eigenvalue weighted by Crippen LogP contribution is -2.22. The number of rotatable bonds is 5. The van der Waals surface area contributed by atoms with Crippen molar-refractivity contribution in [3.05, 3.63) is 54.1 Å². The molecule has 5 nitrogen and oxygen atoms in total. The summed E-state index contributed by atoms with van der Waals surface area (Å²) >= 11 is 0. The molecule has 0 aliphatic heterocycles. The summed E-state index contributed by atoms with van der Waals surface area (Å²) < 4.78 is 5.17. The molecule has 2 rings (SSSR count). The van der Waals surface area contributed by atoms with Crippen LogP contribution >= 0.6 is 0 Å². The molecule has 0 heterocycles. The van der Waals surface area contributed by atoms with Crippen molar-refractivity contribution >= 4 is 17.3 Å². The highest BCUT2D eigenvalue weighted by atomic mass is 16.5. The predicted molar refractivity (Wildman–Crippen MR) is 81.3 cm³/mol. The number of carbonyl (C=O) groups excluding carboxylic acids is 1. The molecule has 0 fully saturated rings. The topological polar surface area (TPSA) is 74.2 Å². The molecule has 0 aliphatic carbocycles. The van der Waals surface area contributed by atoms with E-state index in [9.17, 15) is 4.79 Å². The molecule has 0 bridgehead atoms. The number of para-hydroxylation sites is 3. The van der Waals surface area contributed by atoms with E-state index in [0.717, 1.165) is 0 Å². The fourth-order valence-corrected chi connectivity index (χ4v) is 1.85. The van der Waals surface area contributed by atoms with Crippen LogP contribution in [-0.4, -0.2) is 19.6 Å². The van der Waals surface area contributed by atoms with E-state index in [4.69, 9.17) is 10.00 Å². The molecule has 0 aliphatic rings. The number of benzene rings is 2. The summed E-state index contributed by atoms with van der Waals surface area (Å²) in [7, 11) is 1.55. The van der Waals surface area contributed by atoms with Gasteiger partial charge in [-0.15, -0.1) is 0 Å². The van der Waals surface area contributed by atoms with Gasteiger partial charge in [0.15, 0.2) is 0 Å². The molecule has 2 N–H and O–H groups in total. The molecule has 21 heavy (non-hydrogen) atoms. The summed E-state index contributed by atoms with van der Waals surface area (Å²) in [6.45, 7) is 0.0662. The van der Waals surface area contributed by atoms with Crippen molar-refractivity contribution in [2.45, 2.75) is 0 Å². The maximum Gasteiger partial charge on any atom is 0.243 e. The van der Waals surface area contributed by atoms with Crippen molar-refractivity contribution in [3.63, 3.8) is 0 Å². The van der Waals surface area contributed by atoms with Crippen LogP contribution in [0.3, 0.4) is 0 Å². The minimum Gasteiger partial charge on any atom is -0.495 e. The Hall–Kier alpha value is -3.00. The smallest absolute Gasteiger partial charge is 0.243 e. The van der Waals surface area contributed by atoms with E-state index in [0.29, 0.717) is 22.7 Å². The zero-order valence-electron chi connectivity index (χ0n) is 11.6. The number of nitrogens with one attached hydrogen (secondary N) is 2. The highest BCUT2D eigenvalue weighted by Crippen LogP contribution is 2.22. The molecule has 0 unspecified atom stereocenters. The number of ether oxygens (including phenoxy) is 1. The number of carbonyl (C=O) groups is 1. The highest BCUT2D eigenvalue weighted by Gasteiger charge is 2.07. The summed E-state index contributed by atoms with van der Waals surface area (Å²) in [5.74, 6) is 0.385. The van der Waals surface area contributed by atoms with Crippen LogP contribution in [0.2, 0.25) is 0 Å². The Kier molecular flexibility index (Phi) is 4.78. The van der Waals surface area contributed by atoms with E-state index in [-0.39, 0.29) is 12.5 Å². The highest BCUT2D eigenvalue weighted by molar-refractivity contribution is 5.95. The number of hydrogen-bond acceptors (Lipinski definition) is 4. The number of methoxy groups -OCH3 is 1. The summed E-state index contributed by atoms with van der Waals surface area (Å²) in [5, 5.41) is 14.7. The van der Waals surface area contributed by atoms with Gasteiger partial charge in [0.1, 0.15) is 11.8 Å². The second-order valence-electron chi connectivity index (χ2n) is 4.26. The number of hydrogen-bond donors (Lipinski definition) is 2. The number of anilines is 2. The lowest BCUT2D eigenvalue weighted by Gasteiger charge is -2.11. The zero-order chi connectivity index (χ0) is 15.1. The minimum atomic E-state index is -0.216. The Morgan fingerprint density at radius 1 is 1.14 bits per heavy atom. The molecule has 0 saturated heterocycles. The van der Waals surface area contributed by atoms with Crippen LogP contribution in [0.1, 0.15) is 5.56 Å². The number of amides is 1. The molecule has 0 saturated carbocycles. The molecular formula is C16H15N3O2. The maximum absolute atomic E-state index is 11.9. The quantitative estimate of drug-likeness (QED) is 0.883. The van der Waals surface area contributed by atoms with Gasteiger partial charge in [-0.05, 0) is 24.3 Å². The van der Waals surface area contributed by atoms with Gasteiger partial charge in [-0.25, -0.2) is 0 Å². The largest absolute Gasteiger partial charge is 0.495 e. The third kappa shape index (κ3) is 3.74. The predicted octanol–water partition coefficient (Wildman–Crippen LogP) is 2.62. The van der Waals surface area contributed by atoms with Crippen molar-refractivity contribution in [1.29, 1.82) is 5.26 Å². The third-order valence-electron chi connectivity index (χ3n) is 2.87. The first kappa shape index (κ1) is 14.4. The van der Waals surface area contributed by atoms with Crippen LogP contribution in [-0.2, 0) is 4.79 Å². The summed E-state index contributed by atoms with van der Waals surface area (Å²) in [6.07, 6.45) is 0. The van der Waals surface area contributed by atoms with E-state index < -0.39 is 0 Å². The molecule has 5 heteroatoms. The monoisotopic (exact) mass is 281 g/mol. The summed E-state index contributed by atoms with van der Waals surface area (Å²) in [6, 6.07) is 16.3. The van der Waals surface area contributed by atoms with Gasteiger partial charge in [0.2, 0.25) is 5.91 Å². The standard InChI is InChI=1S/C16H15N3O2/c1-21-15-9-5-4-8-14(15)19-16(20)11-18-13-7-3-2-6-12(13)10-17/h2-9,18H,11H2,1H3,(H,19,20). The average molecular weight is 281 g/mol. The molecule has 0 spiro atoms.